The normalized spacial score (nSPS) is 15.5. The first-order chi connectivity index (χ1) is 14.6. The van der Waals surface area contributed by atoms with Gasteiger partial charge in [-0.1, -0.05) is 24.3 Å². The predicted octanol–water partition coefficient (Wildman–Crippen LogP) is 3.58. The molecule has 6 heteroatoms. The number of amides is 1. The molecule has 1 N–H and O–H groups in total. The number of aromatic nitrogens is 2. The molecule has 3 heterocycles. The second-order valence-corrected chi connectivity index (χ2v) is 7.89. The number of hydrogen-bond donors (Lipinski definition) is 1. The molecular formula is C24H29N3O3. The number of fused-ring (bicyclic) bond motifs is 1. The number of benzene rings is 1. The number of hydrogen-bond acceptors (Lipinski definition) is 4. The summed E-state index contributed by atoms with van der Waals surface area (Å²) in [6, 6.07) is 12.1. The second-order valence-electron chi connectivity index (χ2n) is 7.89. The molecule has 1 amide bonds. The van der Waals surface area contributed by atoms with E-state index in [9.17, 15) is 9.90 Å². The Labute approximate surface area is 177 Å². The highest BCUT2D eigenvalue weighted by Crippen LogP contribution is 2.22. The van der Waals surface area contributed by atoms with Crippen LogP contribution in [0.15, 0.2) is 48.8 Å². The molecule has 30 heavy (non-hydrogen) atoms. The van der Waals surface area contributed by atoms with Crippen molar-refractivity contribution in [1.29, 1.82) is 0 Å². The molecule has 1 aromatic carbocycles. The number of carbonyl (C=O) groups excluding carboxylic acids is 1. The molecule has 2 aromatic heterocycles. The number of aryl methyl sites for hydroxylation is 2. The van der Waals surface area contributed by atoms with Gasteiger partial charge in [0.05, 0.1) is 30.4 Å². The van der Waals surface area contributed by atoms with Gasteiger partial charge in [-0.25, -0.2) is 0 Å². The van der Waals surface area contributed by atoms with E-state index in [2.05, 4.69) is 21.7 Å². The van der Waals surface area contributed by atoms with E-state index in [1.807, 2.05) is 35.4 Å². The zero-order chi connectivity index (χ0) is 20.9. The van der Waals surface area contributed by atoms with Crippen LogP contribution in [0.1, 0.15) is 47.4 Å². The van der Waals surface area contributed by atoms with Gasteiger partial charge in [0.1, 0.15) is 5.52 Å². The number of rotatable bonds is 7. The van der Waals surface area contributed by atoms with Crippen molar-refractivity contribution in [2.45, 2.75) is 38.8 Å². The van der Waals surface area contributed by atoms with E-state index in [1.165, 1.54) is 5.56 Å². The lowest BCUT2D eigenvalue weighted by atomic mass is 10.0. The maximum atomic E-state index is 13.0. The van der Waals surface area contributed by atoms with Crippen LogP contribution in [0, 0.1) is 0 Å². The van der Waals surface area contributed by atoms with Gasteiger partial charge in [-0.15, -0.1) is 0 Å². The fourth-order valence-electron chi connectivity index (χ4n) is 3.98. The Kier molecular flexibility index (Phi) is 6.45. The van der Waals surface area contributed by atoms with Crippen LogP contribution in [0.4, 0.5) is 0 Å². The third-order valence-electron chi connectivity index (χ3n) is 5.74. The lowest BCUT2D eigenvalue weighted by molar-refractivity contribution is 0.0304. The van der Waals surface area contributed by atoms with E-state index >= 15 is 0 Å². The number of pyridine rings is 1. The van der Waals surface area contributed by atoms with Gasteiger partial charge in [-0.3, -0.25) is 9.78 Å². The van der Waals surface area contributed by atoms with Gasteiger partial charge in [0.15, 0.2) is 0 Å². The minimum atomic E-state index is -0.427. The largest absolute Gasteiger partial charge is 0.389 e. The first-order valence-electron chi connectivity index (χ1n) is 10.7. The van der Waals surface area contributed by atoms with Crippen molar-refractivity contribution in [2.75, 3.05) is 26.3 Å². The van der Waals surface area contributed by atoms with Crippen LogP contribution in [0.2, 0.25) is 0 Å². The molecule has 1 aliphatic rings. The SMILES string of the molecule is CC(O)c1ccc(CCCCn2cc(C(=O)N3CCOCC3)c3ncccc32)cc1. The van der Waals surface area contributed by atoms with Crippen molar-refractivity contribution in [3.05, 3.63) is 65.5 Å². The Morgan fingerprint density at radius 3 is 2.67 bits per heavy atom. The minimum Gasteiger partial charge on any atom is -0.389 e. The summed E-state index contributed by atoms with van der Waals surface area (Å²) in [5, 5.41) is 9.62. The summed E-state index contributed by atoms with van der Waals surface area (Å²) in [7, 11) is 0. The topological polar surface area (TPSA) is 67.6 Å². The Balaban J connectivity index is 1.41. The lowest BCUT2D eigenvalue weighted by Gasteiger charge is -2.26. The van der Waals surface area contributed by atoms with Gasteiger partial charge in [-0.05, 0) is 49.4 Å². The van der Waals surface area contributed by atoms with Crippen LogP contribution in [-0.4, -0.2) is 51.8 Å². The maximum absolute atomic E-state index is 13.0. The lowest BCUT2D eigenvalue weighted by Crippen LogP contribution is -2.40. The first kappa shape index (κ1) is 20.6. The highest BCUT2D eigenvalue weighted by molar-refractivity contribution is 6.05. The van der Waals surface area contributed by atoms with E-state index in [0.29, 0.717) is 31.9 Å². The van der Waals surface area contributed by atoms with Gasteiger partial charge >= 0.3 is 0 Å². The Bertz CT molecular complexity index is 989. The number of nitrogens with zero attached hydrogens (tertiary/aromatic N) is 3. The number of morpholine rings is 1. The first-order valence-corrected chi connectivity index (χ1v) is 10.7. The number of aliphatic hydroxyl groups is 1. The summed E-state index contributed by atoms with van der Waals surface area (Å²) in [6.45, 7) is 5.08. The molecule has 1 unspecified atom stereocenters. The quantitative estimate of drug-likeness (QED) is 0.608. The molecule has 1 aliphatic heterocycles. The maximum Gasteiger partial charge on any atom is 0.257 e. The number of aliphatic hydroxyl groups excluding tert-OH is 1. The average Bonchev–Trinajstić information content (AvgIpc) is 3.16. The summed E-state index contributed by atoms with van der Waals surface area (Å²) in [5.41, 5.74) is 4.70. The molecule has 0 bridgehead atoms. The highest BCUT2D eigenvalue weighted by atomic mass is 16.5. The van der Waals surface area contributed by atoms with Crippen molar-refractivity contribution < 1.29 is 14.6 Å². The fourth-order valence-corrected chi connectivity index (χ4v) is 3.98. The Morgan fingerprint density at radius 2 is 1.93 bits per heavy atom. The van der Waals surface area contributed by atoms with E-state index < -0.39 is 6.10 Å². The van der Waals surface area contributed by atoms with Crippen molar-refractivity contribution in [3.8, 4) is 0 Å². The van der Waals surface area contributed by atoms with Crippen molar-refractivity contribution in [2.24, 2.45) is 0 Å². The molecule has 1 fully saturated rings. The van der Waals surface area contributed by atoms with E-state index in [1.54, 1.807) is 13.1 Å². The highest BCUT2D eigenvalue weighted by Gasteiger charge is 2.23. The fraction of sp³-hybridized carbons (Fsp3) is 0.417. The molecule has 1 atom stereocenters. The zero-order valence-electron chi connectivity index (χ0n) is 17.5. The molecule has 3 aromatic rings. The van der Waals surface area contributed by atoms with Crippen molar-refractivity contribution in [1.82, 2.24) is 14.5 Å². The molecule has 1 saturated heterocycles. The van der Waals surface area contributed by atoms with Crippen LogP contribution in [0.5, 0.6) is 0 Å². The van der Waals surface area contributed by atoms with Crippen LogP contribution >= 0.6 is 0 Å². The van der Waals surface area contributed by atoms with Crippen molar-refractivity contribution in [3.63, 3.8) is 0 Å². The number of unbranched alkanes of at least 4 members (excludes halogenated alkanes) is 1. The number of ether oxygens (including phenoxy) is 1. The molecule has 0 aliphatic carbocycles. The summed E-state index contributed by atoms with van der Waals surface area (Å²) in [5.74, 6) is 0.0407. The summed E-state index contributed by atoms with van der Waals surface area (Å²) in [4.78, 5) is 19.4. The molecule has 4 rings (SSSR count). The predicted molar refractivity (Wildman–Crippen MR) is 116 cm³/mol. The standard InChI is InChI=1S/C24H29N3O3/c1-18(28)20-9-7-19(8-10-20)5-2-3-12-27-17-21(23-22(27)6-4-11-25-23)24(29)26-13-15-30-16-14-26/h4,6-11,17-18,28H,2-3,5,12-16H2,1H3. The summed E-state index contributed by atoms with van der Waals surface area (Å²) >= 11 is 0. The van der Waals surface area contributed by atoms with Crippen LogP contribution < -0.4 is 0 Å². The van der Waals surface area contributed by atoms with Crippen LogP contribution in [0.3, 0.4) is 0 Å². The molecular weight excluding hydrogens is 378 g/mol. The summed E-state index contributed by atoms with van der Waals surface area (Å²) in [6.07, 6.45) is 6.36. The van der Waals surface area contributed by atoms with E-state index in [-0.39, 0.29) is 5.91 Å². The molecule has 0 saturated carbocycles. The third kappa shape index (κ3) is 4.55. The number of carbonyl (C=O) groups is 1. The van der Waals surface area contributed by atoms with Crippen LogP contribution in [0.25, 0.3) is 11.0 Å². The minimum absolute atomic E-state index is 0.0407. The van der Waals surface area contributed by atoms with E-state index in [0.717, 1.165) is 42.4 Å². The van der Waals surface area contributed by atoms with Gasteiger partial charge in [0.25, 0.3) is 5.91 Å². The Hall–Kier alpha value is -2.70. The smallest absolute Gasteiger partial charge is 0.257 e. The average molecular weight is 408 g/mol. The van der Waals surface area contributed by atoms with Gasteiger partial charge in [0, 0.05) is 32.0 Å². The molecule has 0 radical (unpaired) electrons. The molecule has 158 valence electrons. The molecule has 0 spiro atoms. The third-order valence-corrected chi connectivity index (χ3v) is 5.74. The monoisotopic (exact) mass is 407 g/mol. The zero-order valence-corrected chi connectivity index (χ0v) is 17.5. The van der Waals surface area contributed by atoms with Gasteiger partial charge in [0.2, 0.25) is 0 Å². The summed E-state index contributed by atoms with van der Waals surface area (Å²) < 4.78 is 7.53. The second kappa shape index (κ2) is 9.41. The Morgan fingerprint density at radius 1 is 1.17 bits per heavy atom. The van der Waals surface area contributed by atoms with Crippen LogP contribution in [-0.2, 0) is 17.7 Å². The van der Waals surface area contributed by atoms with Gasteiger partial charge < -0.3 is 19.3 Å². The van der Waals surface area contributed by atoms with Gasteiger partial charge in [-0.2, -0.15) is 0 Å². The van der Waals surface area contributed by atoms with Crippen molar-refractivity contribution >= 4 is 16.9 Å². The van der Waals surface area contributed by atoms with E-state index in [4.69, 9.17) is 4.74 Å². The molecule has 6 nitrogen and oxygen atoms in total.